The molecule has 1 heterocycles. The largest absolute Gasteiger partial charge is 0.355 e. The van der Waals surface area contributed by atoms with E-state index in [2.05, 4.69) is 29.6 Å². The summed E-state index contributed by atoms with van der Waals surface area (Å²) >= 11 is 0. The number of carbonyl (C=O) groups excluding carboxylic acids is 1. The fourth-order valence-corrected chi connectivity index (χ4v) is 1.63. The molecule has 1 aromatic rings. The highest BCUT2D eigenvalue weighted by atomic mass is 16.1. The van der Waals surface area contributed by atoms with Crippen LogP contribution in [0.5, 0.6) is 0 Å². The van der Waals surface area contributed by atoms with Crippen LogP contribution in [0.25, 0.3) is 0 Å². The first-order valence-electron chi connectivity index (χ1n) is 6.54. The Labute approximate surface area is 109 Å². The minimum Gasteiger partial charge on any atom is -0.355 e. The molecule has 0 radical (unpaired) electrons. The molecule has 0 aliphatic rings. The quantitative estimate of drug-likeness (QED) is 0.670. The highest BCUT2D eigenvalue weighted by Gasteiger charge is 2.02. The summed E-state index contributed by atoms with van der Waals surface area (Å²) in [4.78, 5) is 11.5. The summed E-state index contributed by atoms with van der Waals surface area (Å²) in [6.07, 6.45) is 3.70. The molecule has 0 spiro atoms. The normalized spacial score (nSPS) is 10.9. The van der Waals surface area contributed by atoms with E-state index in [-0.39, 0.29) is 5.91 Å². The highest BCUT2D eigenvalue weighted by Crippen LogP contribution is 1.96. The average molecular weight is 252 g/mol. The molecule has 0 unspecified atom stereocenters. The lowest BCUT2D eigenvalue weighted by Crippen LogP contribution is -2.35. The Bertz CT molecular complexity index is 360. The Morgan fingerprint density at radius 3 is 2.83 bits per heavy atom. The molecule has 1 rings (SSSR count). The molecule has 0 saturated heterocycles. The monoisotopic (exact) mass is 252 g/mol. The molecular formula is C13H24N4O. The fourth-order valence-electron chi connectivity index (χ4n) is 1.63. The van der Waals surface area contributed by atoms with Crippen LogP contribution >= 0.6 is 0 Å². The van der Waals surface area contributed by atoms with Crippen molar-refractivity contribution in [2.45, 2.75) is 26.7 Å². The summed E-state index contributed by atoms with van der Waals surface area (Å²) in [5.41, 5.74) is 1.17. The number of hydrogen-bond donors (Lipinski definition) is 2. The minimum atomic E-state index is 0.0701. The van der Waals surface area contributed by atoms with Gasteiger partial charge in [0.25, 0.3) is 0 Å². The highest BCUT2D eigenvalue weighted by molar-refractivity contribution is 5.77. The van der Waals surface area contributed by atoms with E-state index in [1.807, 2.05) is 17.8 Å². The molecule has 0 fully saturated rings. The van der Waals surface area contributed by atoms with Crippen LogP contribution in [-0.2, 0) is 18.3 Å². The van der Waals surface area contributed by atoms with Crippen molar-refractivity contribution < 1.29 is 4.79 Å². The van der Waals surface area contributed by atoms with Crippen LogP contribution in [0, 0.1) is 5.92 Å². The van der Waals surface area contributed by atoms with Crippen LogP contribution < -0.4 is 10.6 Å². The number of rotatable bonds is 8. The van der Waals surface area contributed by atoms with Gasteiger partial charge in [0.05, 0.1) is 6.54 Å². The summed E-state index contributed by atoms with van der Waals surface area (Å²) in [6.45, 7) is 6.24. The fraction of sp³-hybridized carbons (Fsp3) is 0.692. The van der Waals surface area contributed by atoms with E-state index in [4.69, 9.17) is 0 Å². The first-order valence-corrected chi connectivity index (χ1v) is 6.54. The maximum Gasteiger partial charge on any atom is 0.233 e. The second-order valence-electron chi connectivity index (χ2n) is 4.91. The van der Waals surface area contributed by atoms with Crippen molar-refractivity contribution in [1.29, 1.82) is 0 Å². The average Bonchev–Trinajstić information content (AvgIpc) is 2.70. The molecule has 0 aliphatic carbocycles. The molecule has 2 N–H and O–H groups in total. The maximum absolute atomic E-state index is 11.5. The van der Waals surface area contributed by atoms with Crippen LogP contribution in [0.4, 0.5) is 0 Å². The van der Waals surface area contributed by atoms with Crippen molar-refractivity contribution in [1.82, 2.24) is 20.4 Å². The van der Waals surface area contributed by atoms with Gasteiger partial charge in [-0.15, -0.1) is 0 Å². The van der Waals surface area contributed by atoms with Crippen LogP contribution in [0.1, 0.15) is 26.0 Å². The third kappa shape index (κ3) is 5.82. The van der Waals surface area contributed by atoms with E-state index >= 15 is 0 Å². The second-order valence-corrected chi connectivity index (χ2v) is 4.91. The Morgan fingerprint density at radius 2 is 2.22 bits per heavy atom. The van der Waals surface area contributed by atoms with Gasteiger partial charge in [0.2, 0.25) is 5.91 Å². The molecule has 1 amide bonds. The van der Waals surface area contributed by atoms with Crippen molar-refractivity contribution in [3.05, 3.63) is 18.0 Å². The minimum absolute atomic E-state index is 0.0701. The first-order chi connectivity index (χ1) is 8.59. The van der Waals surface area contributed by atoms with Gasteiger partial charge >= 0.3 is 0 Å². The van der Waals surface area contributed by atoms with Gasteiger partial charge in [-0.05, 0) is 18.4 Å². The van der Waals surface area contributed by atoms with Gasteiger partial charge in [-0.3, -0.25) is 9.48 Å². The number of amides is 1. The summed E-state index contributed by atoms with van der Waals surface area (Å²) in [7, 11) is 1.92. The maximum atomic E-state index is 11.5. The Kier molecular flexibility index (Phi) is 6.43. The predicted octanol–water partition coefficient (Wildman–Crippen LogP) is 0.715. The topological polar surface area (TPSA) is 59.0 Å². The molecule has 0 aromatic carbocycles. The lowest BCUT2D eigenvalue weighted by molar-refractivity contribution is -0.120. The number of hydrogen-bond acceptors (Lipinski definition) is 3. The number of aryl methyl sites for hydroxylation is 1. The molecule has 5 nitrogen and oxygen atoms in total. The summed E-state index contributed by atoms with van der Waals surface area (Å²) in [5.74, 6) is 0.698. The lowest BCUT2D eigenvalue weighted by Gasteiger charge is -2.08. The second kappa shape index (κ2) is 7.87. The van der Waals surface area contributed by atoms with Gasteiger partial charge < -0.3 is 10.6 Å². The van der Waals surface area contributed by atoms with Crippen molar-refractivity contribution in [2.75, 3.05) is 19.6 Å². The Morgan fingerprint density at radius 1 is 1.44 bits per heavy atom. The van der Waals surface area contributed by atoms with E-state index in [9.17, 15) is 4.79 Å². The molecule has 102 valence electrons. The van der Waals surface area contributed by atoms with Crippen molar-refractivity contribution in [3.63, 3.8) is 0 Å². The van der Waals surface area contributed by atoms with Gasteiger partial charge in [-0.2, -0.15) is 5.10 Å². The molecule has 0 saturated carbocycles. The number of nitrogens with zero attached hydrogens (tertiary/aromatic N) is 2. The molecule has 0 atom stereocenters. The van der Waals surface area contributed by atoms with Crippen LogP contribution in [0.3, 0.4) is 0 Å². The van der Waals surface area contributed by atoms with Gasteiger partial charge in [0.1, 0.15) is 0 Å². The van der Waals surface area contributed by atoms with E-state index in [0.717, 1.165) is 25.9 Å². The van der Waals surface area contributed by atoms with Crippen LogP contribution in [-0.4, -0.2) is 35.3 Å². The zero-order valence-electron chi connectivity index (χ0n) is 11.6. The van der Waals surface area contributed by atoms with E-state index in [1.165, 1.54) is 5.69 Å². The van der Waals surface area contributed by atoms with Gasteiger partial charge in [-0.1, -0.05) is 13.8 Å². The summed E-state index contributed by atoms with van der Waals surface area (Å²) in [5, 5.41) is 10.1. The van der Waals surface area contributed by atoms with Crippen molar-refractivity contribution >= 4 is 5.91 Å². The van der Waals surface area contributed by atoms with Gasteiger partial charge in [0, 0.05) is 38.4 Å². The Balaban J connectivity index is 2.04. The zero-order valence-corrected chi connectivity index (χ0v) is 11.6. The molecule has 0 bridgehead atoms. The van der Waals surface area contributed by atoms with E-state index in [1.54, 1.807) is 6.20 Å². The summed E-state index contributed by atoms with van der Waals surface area (Å²) in [6, 6.07) is 1.99. The zero-order chi connectivity index (χ0) is 13.4. The lowest BCUT2D eigenvalue weighted by atomic mass is 10.1. The first kappa shape index (κ1) is 14.7. The molecule has 18 heavy (non-hydrogen) atoms. The van der Waals surface area contributed by atoms with Crippen LogP contribution in [0.15, 0.2) is 12.3 Å². The van der Waals surface area contributed by atoms with Crippen LogP contribution in [0.2, 0.25) is 0 Å². The van der Waals surface area contributed by atoms with Crippen molar-refractivity contribution in [3.8, 4) is 0 Å². The van der Waals surface area contributed by atoms with E-state index < -0.39 is 0 Å². The number of nitrogens with one attached hydrogen (secondary N) is 2. The third-order valence-electron chi connectivity index (χ3n) is 2.81. The Hall–Kier alpha value is -1.36. The van der Waals surface area contributed by atoms with Gasteiger partial charge in [-0.25, -0.2) is 0 Å². The molecule has 0 aliphatic heterocycles. The smallest absolute Gasteiger partial charge is 0.233 e. The number of aromatic nitrogens is 2. The number of carbonyl (C=O) groups is 1. The molecule has 1 aromatic heterocycles. The standard InChI is InChI=1S/C13H24N4O/c1-11(2)4-8-15-13(18)10-14-7-5-12-6-9-16-17(12)3/h6,9,11,14H,4-5,7-8,10H2,1-3H3,(H,15,18). The molecule has 5 heteroatoms. The predicted molar refractivity (Wildman–Crippen MR) is 72.2 cm³/mol. The van der Waals surface area contributed by atoms with Crippen molar-refractivity contribution in [2.24, 2.45) is 13.0 Å². The van der Waals surface area contributed by atoms with Gasteiger partial charge in [0.15, 0.2) is 0 Å². The summed E-state index contributed by atoms with van der Waals surface area (Å²) < 4.78 is 1.85. The third-order valence-corrected chi connectivity index (χ3v) is 2.81. The molecular weight excluding hydrogens is 228 g/mol. The van der Waals surface area contributed by atoms with E-state index in [0.29, 0.717) is 12.5 Å². The SMILES string of the molecule is CC(C)CCNC(=O)CNCCc1ccnn1C.